The zero-order valence-electron chi connectivity index (χ0n) is 12.5. The molecule has 0 heterocycles. The van der Waals surface area contributed by atoms with Gasteiger partial charge in [0.25, 0.3) is 0 Å². The van der Waals surface area contributed by atoms with Crippen molar-refractivity contribution in [3.63, 3.8) is 0 Å². The molecule has 3 nitrogen and oxygen atoms in total. The Bertz CT molecular complexity index is 794. The predicted molar refractivity (Wildman–Crippen MR) is 94.9 cm³/mol. The Labute approximate surface area is 135 Å². The molecule has 0 saturated heterocycles. The van der Waals surface area contributed by atoms with Crippen LogP contribution in [-0.4, -0.2) is 12.2 Å². The van der Waals surface area contributed by atoms with Crippen molar-refractivity contribution < 1.29 is 4.79 Å². The van der Waals surface area contributed by atoms with E-state index in [2.05, 4.69) is 22.4 Å². The number of hydrogen-bond acceptors (Lipinski definition) is 1. The van der Waals surface area contributed by atoms with Gasteiger partial charge in [-0.05, 0) is 28.8 Å². The second kappa shape index (κ2) is 7.18. The lowest BCUT2D eigenvalue weighted by Crippen LogP contribution is -2.06. The zero-order chi connectivity index (χ0) is 15.9. The maximum absolute atomic E-state index is 11.8. The van der Waals surface area contributed by atoms with E-state index >= 15 is 0 Å². The van der Waals surface area contributed by atoms with Crippen molar-refractivity contribution in [2.24, 2.45) is 4.99 Å². The van der Waals surface area contributed by atoms with Crippen LogP contribution in [0.2, 0.25) is 0 Å². The summed E-state index contributed by atoms with van der Waals surface area (Å²) in [5.41, 5.74) is 3.87. The molecule has 2 amide bonds. The molecular weight excluding hydrogens is 284 g/mol. The molecule has 0 spiro atoms. The quantitative estimate of drug-likeness (QED) is 0.679. The normalized spacial score (nSPS) is 10.6. The summed E-state index contributed by atoms with van der Waals surface area (Å²) >= 11 is 0. The largest absolute Gasteiger partial charge is 0.345 e. The van der Waals surface area contributed by atoms with E-state index in [0.717, 1.165) is 22.4 Å². The van der Waals surface area contributed by atoms with Gasteiger partial charge in [0.15, 0.2) is 0 Å². The van der Waals surface area contributed by atoms with E-state index in [1.807, 2.05) is 72.8 Å². The second-order valence-electron chi connectivity index (χ2n) is 5.04. The van der Waals surface area contributed by atoms with Crippen LogP contribution in [0.15, 0.2) is 89.9 Å². The summed E-state index contributed by atoms with van der Waals surface area (Å²) < 4.78 is 0. The average molecular weight is 300 g/mol. The lowest BCUT2D eigenvalue weighted by molar-refractivity contribution is 0.259. The van der Waals surface area contributed by atoms with Gasteiger partial charge in [0.2, 0.25) is 0 Å². The molecule has 0 bridgehead atoms. The molecule has 23 heavy (non-hydrogen) atoms. The van der Waals surface area contributed by atoms with Crippen molar-refractivity contribution in [3.8, 4) is 11.1 Å². The van der Waals surface area contributed by atoms with Crippen LogP contribution in [0, 0.1) is 0 Å². The van der Waals surface area contributed by atoms with Crippen LogP contribution in [0.25, 0.3) is 11.1 Å². The number of benzene rings is 3. The number of amides is 2. The van der Waals surface area contributed by atoms with Crippen molar-refractivity contribution in [3.05, 3.63) is 90.5 Å². The van der Waals surface area contributed by atoms with Gasteiger partial charge < -0.3 is 5.32 Å². The van der Waals surface area contributed by atoms with Gasteiger partial charge in [0, 0.05) is 11.9 Å². The fourth-order valence-electron chi connectivity index (χ4n) is 2.20. The van der Waals surface area contributed by atoms with Crippen molar-refractivity contribution >= 4 is 17.9 Å². The van der Waals surface area contributed by atoms with Crippen LogP contribution in [-0.2, 0) is 0 Å². The molecule has 0 unspecified atom stereocenters. The van der Waals surface area contributed by atoms with E-state index in [0.29, 0.717) is 0 Å². The van der Waals surface area contributed by atoms with Gasteiger partial charge in [-0.15, -0.1) is 0 Å². The van der Waals surface area contributed by atoms with Crippen LogP contribution in [0.3, 0.4) is 0 Å². The molecule has 3 rings (SSSR count). The fraction of sp³-hybridized carbons (Fsp3) is 0. The molecule has 112 valence electrons. The van der Waals surface area contributed by atoms with Crippen molar-refractivity contribution in [1.82, 2.24) is 0 Å². The first kappa shape index (κ1) is 14.7. The number of nitrogens with one attached hydrogen (secondary N) is 1. The molecule has 3 heteroatoms. The number of urea groups is 1. The van der Waals surface area contributed by atoms with Crippen molar-refractivity contribution in [2.75, 3.05) is 5.32 Å². The van der Waals surface area contributed by atoms with Crippen LogP contribution >= 0.6 is 0 Å². The third-order valence-corrected chi connectivity index (χ3v) is 3.37. The van der Waals surface area contributed by atoms with Crippen LogP contribution in [0.4, 0.5) is 10.5 Å². The first-order valence-corrected chi connectivity index (χ1v) is 7.37. The summed E-state index contributed by atoms with van der Waals surface area (Å²) in [6.07, 6.45) is 1.55. The minimum atomic E-state index is -0.388. The van der Waals surface area contributed by atoms with Gasteiger partial charge >= 0.3 is 6.03 Å². The topological polar surface area (TPSA) is 41.5 Å². The van der Waals surface area contributed by atoms with Crippen LogP contribution in [0.5, 0.6) is 0 Å². The molecule has 0 aliphatic rings. The highest BCUT2D eigenvalue weighted by Crippen LogP contribution is 2.20. The summed E-state index contributed by atoms with van der Waals surface area (Å²) in [6, 6.07) is 26.9. The number of aliphatic imine (C=N–C) groups is 1. The third kappa shape index (κ3) is 4.14. The fourth-order valence-corrected chi connectivity index (χ4v) is 2.20. The molecule has 0 radical (unpaired) electrons. The van der Waals surface area contributed by atoms with Crippen molar-refractivity contribution in [1.29, 1.82) is 0 Å². The highest BCUT2D eigenvalue weighted by molar-refractivity contribution is 5.98. The molecule has 0 fully saturated rings. The lowest BCUT2D eigenvalue weighted by Gasteiger charge is -2.04. The molecule has 0 saturated carbocycles. The maximum Gasteiger partial charge on any atom is 0.345 e. The third-order valence-electron chi connectivity index (χ3n) is 3.37. The predicted octanol–water partition coefficient (Wildman–Crippen LogP) is 5.00. The first-order chi connectivity index (χ1) is 11.3. The molecule has 3 aromatic carbocycles. The summed E-state index contributed by atoms with van der Waals surface area (Å²) in [6.45, 7) is 0. The number of anilines is 1. The van der Waals surface area contributed by atoms with Gasteiger partial charge in [-0.2, -0.15) is 0 Å². The van der Waals surface area contributed by atoms with Gasteiger partial charge in [-0.3, -0.25) is 0 Å². The molecule has 0 aromatic heterocycles. The zero-order valence-corrected chi connectivity index (χ0v) is 12.5. The summed E-state index contributed by atoms with van der Waals surface area (Å²) in [5.74, 6) is 0. The molecule has 3 aromatic rings. The van der Waals surface area contributed by atoms with Gasteiger partial charge in [0.05, 0.1) is 0 Å². The van der Waals surface area contributed by atoms with Crippen LogP contribution < -0.4 is 5.32 Å². The average Bonchev–Trinajstić information content (AvgIpc) is 2.62. The van der Waals surface area contributed by atoms with Gasteiger partial charge in [-0.25, -0.2) is 9.79 Å². The second-order valence-corrected chi connectivity index (χ2v) is 5.04. The Morgan fingerprint density at radius 1 is 0.739 bits per heavy atom. The molecule has 1 N–H and O–H groups in total. The number of carbonyl (C=O) groups is 1. The minimum absolute atomic E-state index is 0.388. The SMILES string of the molecule is O=C(N=Cc1ccccc1)Nc1ccc(-c2ccccc2)cc1. The number of hydrogen-bond donors (Lipinski definition) is 1. The van der Waals surface area contributed by atoms with E-state index in [4.69, 9.17) is 0 Å². The standard InChI is InChI=1S/C20H16N2O/c23-20(21-15-16-7-3-1-4-8-16)22-19-13-11-18(12-14-19)17-9-5-2-6-10-17/h1-15H,(H,22,23). The Morgan fingerprint density at radius 2 is 1.30 bits per heavy atom. The Balaban J connectivity index is 1.64. The summed E-state index contributed by atoms with van der Waals surface area (Å²) in [4.78, 5) is 15.7. The van der Waals surface area contributed by atoms with E-state index in [1.165, 1.54) is 0 Å². The summed E-state index contributed by atoms with van der Waals surface area (Å²) in [5, 5.41) is 2.75. The first-order valence-electron chi connectivity index (χ1n) is 7.37. The van der Waals surface area contributed by atoms with E-state index < -0.39 is 0 Å². The highest BCUT2D eigenvalue weighted by Gasteiger charge is 2.00. The van der Waals surface area contributed by atoms with Gasteiger partial charge in [-0.1, -0.05) is 72.8 Å². The lowest BCUT2D eigenvalue weighted by atomic mass is 10.1. The van der Waals surface area contributed by atoms with E-state index in [9.17, 15) is 4.79 Å². The summed E-state index contributed by atoms with van der Waals surface area (Å²) in [7, 11) is 0. The van der Waals surface area contributed by atoms with Crippen LogP contribution in [0.1, 0.15) is 5.56 Å². The maximum atomic E-state index is 11.8. The molecular formula is C20H16N2O. The Morgan fingerprint density at radius 3 is 1.96 bits per heavy atom. The number of nitrogens with zero attached hydrogens (tertiary/aromatic N) is 1. The monoisotopic (exact) mass is 300 g/mol. The Hall–Kier alpha value is -3.20. The molecule has 0 aliphatic carbocycles. The minimum Gasteiger partial charge on any atom is -0.306 e. The Kier molecular flexibility index (Phi) is 4.60. The number of carbonyl (C=O) groups excluding carboxylic acids is 1. The van der Waals surface area contributed by atoms with E-state index in [-0.39, 0.29) is 6.03 Å². The highest BCUT2D eigenvalue weighted by atomic mass is 16.2. The molecule has 0 aliphatic heterocycles. The smallest absolute Gasteiger partial charge is 0.306 e. The van der Waals surface area contributed by atoms with E-state index in [1.54, 1.807) is 6.21 Å². The molecule has 0 atom stereocenters. The van der Waals surface area contributed by atoms with Crippen molar-refractivity contribution in [2.45, 2.75) is 0 Å². The van der Waals surface area contributed by atoms with Gasteiger partial charge in [0.1, 0.15) is 0 Å². The number of rotatable bonds is 3.